The molecule has 0 saturated heterocycles. The summed E-state index contributed by atoms with van der Waals surface area (Å²) >= 11 is 5.71. The van der Waals surface area contributed by atoms with Crippen LogP contribution in [0.25, 0.3) is 0 Å². The third-order valence-corrected chi connectivity index (χ3v) is 1.88. The molecule has 0 saturated carbocycles. The van der Waals surface area contributed by atoms with Gasteiger partial charge in [-0.05, 0) is 30.7 Å². The minimum atomic E-state index is 0.427. The van der Waals surface area contributed by atoms with Gasteiger partial charge in [0.25, 0.3) is 0 Å². The van der Waals surface area contributed by atoms with Gasteiger partial charge in [-0.15, -0.1) is 0 Å². The van der Waals surface area contributed by atoms with Crippen molar-refractivity contribution in [1.29, 1.82) is 0 Å². The summed E-state index contributed by atoms with van der Waals surface area (Å²) in [6.45, 7) is 4.32. The molecule has 4 nitrogen and oxygen atoms in total. The lowest BCUT2D eigenvalue weighted by Gasteiger charge is -2.03. The highest BCUT2D eigenvalue weighted by Gasteiger charge is 1.95. The fraction of sp³-hybridized carbons (Fsp3) is 0.364. The van der Waals surface area contributed by atoms with E-state index in [1.165, 1.54) is 0 Å². The topological polar surface area (TPSA) is 40.0 Å². The fourth-order valence-electron chi connectivity index (χ4n) is 0.880. The van der Waals surface area contributed by atoms with Gasteiger partial charge in [0.15, 0.2) is 5.75 Å². The summed E-state index contributed by atoms with van der Waals surface area (Å²) in [5.74, 6) is 0.951. The first-order valence-corrected chi connectivity index (χ1v) is 5.37. The minimum Gasteiger partial charge on any atom is -0.479 e. The summed E-state index contributed by atoms with van der Waals surface area (Å²) in [6, 6.07) is 6.76. The molecule has 1 aromatic rings. The van der Waals surface area contributed by atoms with E-state index >= 15 is 0 Å². The summed E-state index contributed by atoms with van der Waals surface area (Å²) in [5.41, 5.74) is 0. The molecule has 0 aromatic heterocycles. The Labute approximate surface area is 99.7 Å². The number of nitrogens with zero attached hydrogens (tertiary/aromatic N) is 1. The van der Waals surface area contributed by atoms with Crippen molar-refractivity contribution < 1.29 is 14.6 Å². The summed E-state index contributed by atoms with van der Waals surface area (Å²) < 4.78 is 5.17. The molecule has 0 amide bonds. The van der Waals surface area contributed by atoms with Gasteiger partial charge in [-0.2, -0.15) is 4.99 Å². The molecule has 0 fully saturated rings. The highest BCUT2D eigenvalue weighted by Crippen LogP contribution is 2.15. The maximum Gasteiger partial charge on any atom is 0.227 e. The van der Waals surface area contributed by atoms with E-state index < -0.39 is 0 Å². The molecule has 0 bridgehead atoms. The van der Waals surface area contributed by atoms with E-state index in [2.05, 4.69) is 10.1 Å². The predicted octanol–water partition coefficient (Wildman–Crippen LogP) is 3.41. The van der Waals surface area contributed by atoms with Crippen molar-refractivity contribution in [1.82, 2.24) is 0 Å². The van der Waals surface area contributed by atoms with E-state index in [9.17, 15) is 0 Å². The molecule has 0 spiro atoms. The number of halogens is 1. The van der Waals surface area contributed by atoms with Gasteiger partial charge in [0.05, 0.1) is 6.61 Å². The number of oxime groups is 1. The summed E-state index contributed by atoms with van der Waals surface area (Å²) in [5, 5.41) is 4.26. The van der Waals surface area contributed by atoms with Crippen molar-refractivity contribution in [3.8, 4) is 5.75 Å². The SMILES string of the molecule is CCCOC(C)=NOOc1ccc(Cl)cc1. The molecule has 0 N–H and O–H groups in total. The molecule has 0 atom stereocenters. The second-order valence-electron chi connectivity index (χ2n) is 3.07. The van der Waals surface area contributed by atoms with E-state index in [0.717, 1.165) is 6.42 Å². The first-order chi connectivity index (χ1) is 7.72. The predicted molar refractivity (Wildman–Crippen MR) is 62.5 cm³/mol. The van der Waals surface area contributed by atoms with Crippen molar-refractivity contribution in [2.45, 2.75) is 20.3 Å². The normalized spacial score (nSPS) is 11.1. The Kier molecular flexibility index (Phi) is 5.50. The Morgan fingerprint density at radius 1 is 1.31 bits per heavy atom. The van der Waals surface area contributed by atoms with Crippen LogP contribution in [0.3, 0.4) is 0 Å². The van der Waals surface area contributed by atoms with Crippen LogP contribution in [0.4, 0.5) is 0 Å². The summed E-state index contributed by atoms with van der Waals surface area (Å²) in [7, 11) is 0. The number of rotatable bonds is 5. The maximum atomic E-state index is 5.71. The van der Waals surface area contributed by atoms with Crippen LogP contribution in [0.15, 0.2) is 29.4 Å². The lowest BCUT2D eigenvalue weighted by Crippen LogP contribution is -2.02. The zero-order valence-corrected chi connectivity index (χ0v) is 10.0. The Morgan fingerprint density at radius 2 is 2.00 bits per heavy atom. The summed E-state index contributed by atoms with van der Waals surface area (Å²) in [4.78, 5) is 9.52. The Morgan fingerprint density at radius 3 is 2.62 bits per heavy atom. The van der Waals surface area contributed by atoms with E-state index in [4.69, 9.17) is 21.2 Å². The second kappa shape index (κ2) is 6.95. The van der Waals surface area contributed by atoms with Crippen LogP contribution in [0.1, 0.15) is 20.3 Å². The van der Waals surface area contributed by atoms with Gasteiger partial charge in [0, 0.05) is 17.1 Å². The van der Waals surface area contributed by atoms with Crippen LogP contribution < -0.4 is 4.89 Å². The average Bonchev–Trinajstić information content (AvgIpc) is 2.29. The quantitative estimate of drug-likeness (QED) is 0.344. The van der Waals surface area contributed by atoms with Crippen molar-refractivity contribution in [3.05, 3.63) is 29.3 Å². The Balaban J connectivity index is 2.31. The second-order valence-corrected chi connectivity index (χ2v) is 3.51. The molecule has 1 aromatic carbocycles. The van der Waals surface area contributed by atoms with E-state index in [1.807, 2.05) is 6.92 Å². The number of hydrogen-bond donors (Lipinski definition) is 0. The molecular formula is C11H14ClNO3. The molecule has 0 aliphatic heterocycles. The maximum absolute atomic E-state index is 5.71. The highest BCUT2D eigenvalue weighted by atomic mass is 35.5. The van der Waals surface area contributed by atoms with Crippen LogP contribution in [0.5, 0.6) is 5.75 Å². The molecule has 0 heterocycles. The molecule has 16 heavy (non-hydrogen) atoms. The summed E-state index contributed by atoms with van der Waals surface area (Å²) in [6.07, 6.45) is 0.922. The van der Waals surface area contributed by atoms with Crippen molar-refractivity contribution in [2.75, 3.05) is 6.61 Å². The van der Waals surface area contributed by atoms with E-state index in [0.29, 0.717) is 23.3 Å². The van der Waals surface area contributed by atoms with Crippen molar-refractivity contribution in [3.63, 3.8) is 0 Å². The van der Waals surface area contributed by atoms with Crippen molar-refractivity contribution >= 4 is 17.5 Å². The highest BCUT2D eigenvalue weighted by molar-refractivity contribution is 6.30. The molecule has 0 unspecified atom stereocenters. The largest absolute Gasteiger partial charge is 0.479 e. The third-order valence-electron chi connectivity index (χ3n) is 1.63. The van der Waals surface area contributed by atoms with Crippen LogP contribution in [-0.2, 0) is 9.73 Å². The molecule has 88 valence electrons. The van der Waals surface area contributed by atoms with E-state index in [1.54, 1.807) is 31.2 Å². The van der Waals surface area contributed by atoms with Crippen LogP contribution >= 0.6 is 11.6 Å². The molecule has 5 heteroatoms. The van der Waals surface area contributed by atoms with Gasteiger partial charge in [-0.3, -0.25) is 4.89 Å². The molecule has 0 radical (unpaired) electrons. The smallest absolute Gasteiger partial charge is 0.227 e. The van der Waals surface area contributed by atoms with Gasteiger partial charge < -0.3 is 4.74 Å². The molecule has 0 aliphatic rings. The average molecular weight is 244 g/mol. The zero-order valence-electron chi connectivity index (χ0n) is 9.27. The monoisotopic (exact) mass is 243 g/mol. The van der Waals surface area contributed by atoms with Crippen LogP contribution in [-0.4, -0.2) is 12.5 Å². The molecular weight excluding hydrogens is 230 g/mol. The third kappa shape index (κ3) is 4.89. The zero-order chi connectivity index (χ0) is 11.8. The molecule has 1 rings (SSSR count). The standard InChI is InChI=1S/C11H14ClNO3/c1-3-8-14-9(2)13-16-15-11-6-4-10(12)5-7-11/h4-7H,3,8H2,1-2H3. The van der Waals surface area contributed by atoms with E-state index in [-0.39, 0.29) is 0 Å². The van der Waals surface area contributed by atoms with Gasteiger partial charge in [-0.1, -0.05) is 18.5 Å². The lowest BCUT2D eigenvalue weighted by molar-refractivity contribution is -0.208. The first kappa shape index (κ1) is 12.6. The van der Waals surface area contributed by atoms with Crippen molar-refractivity contribution in [2.24, 2.45) is 5.16 Å². The van der Waals surface area contributed by atoms with Gasteiger partial charge >= 0.3 is 0 Å². The lowest BCUT2D eigenvalue weighted by atomic mass is 10.3. The van der Waals surface area contributed by atoms with Gasteiger partial charge in [-0.25, -0.2) is 0 Å². The number of ether oxygens (including phenoxy) is 1. The molecule has 0 aliphatic carbocycles. The van der Waals surface area contributed by atoms with Gasteiger partial charge in [0.2, 0.25) is 5.90 Å². The number of hydrogen-bond acceptors (Lipinski definition) is 4. The Bertz CT molecular complexity index is 338. The fourth-order valence-corrected chi connectivity index (χ4v) is 1.01. The van der Waals surface area contributed by atoms with Crippen LogP contribution in [0, 0.1) is 0 Å². The Hall–Kier alpha value is -1.42. The van der Waals surface area contributed by atoms with Gasteiger partial charge in [0.1, 0.15) is 0 Å². The number of benzene rings is 1. The van der Waals surface area contributed by atoms with Crippen LogP contribution in [0.2, 0.25) is 5.02 Å². The minimum absolute atomic E-state index is 0.427. The first-order valence-electron chi connectivity index (χ1n) is 4.99.